The van der Waals surface area contributed by atoms with Crippen molar-refractivity contribution in [3.8, 4) is 11.5 Å². The summed E-state index contributed by atoms with van der Waals surface area (Å²) >= 11 is 0. The van der Waals surface area contributed by atoms with Crippen LogP contribution in [0.2, 0.25) is 0 Å². The summed E-state index contributed by atoms with van der Waals surface area (Å²) in [7, 11) is 0. The number of hydrogen-bond acceptors (Lipinski definition) is 2. The highest BCUT2D eigenvalue weighted by atomic mass is 19.1. The summed E-state index contributed by atoms with van der Waals surface area (Å²) < 4.78 is 19.6. The molecule has 0 atom stereocenters. The Morgan fingerprint density at radius 1 is 1.00 bits per heavy atom. The molecule has 0 aromatic heterocycles. The van der Waals surface area contributed by atoms with E-state index in [4.69, 9.17) is 4.74 Å². The van der Waals surface area contributed by atoms with Gasteiger partial charge in [-0.15, -0.1) is 0 Å². The normalized spacial score (nSPS) is 11.0. The molecule has 2 nitrogen and oxygen atoms in total. The smallest absolute Gasteiger partial charge is 0.165 e. The monoisotopic (exact) mass is 287 g/mol. The first kappa shape index (κ1) is 15.5. The lowest BCUT2D eigenvalue weighted by Crippen LogP contribution is -2.22. The summed E-state index contributed by atoms with van der Waals surface area (Å²) in [4.78, 5) is 0. The Balaban J connectivity index is 2.28. The molecule has 0 aliphatic carbocycles. The molecule has 0 spiro atoms. The van der Waals surface area contributed by atoms with E-state index < -0.39 is 0 Å². The molecule has 3 heteroatoms. The van der Waals surface area contributed by atoms with Crippen LogP contribution in [0.5, 0.6) is 11.5 Å². The molecule has 112 valence electrons. The Labute approximate surface area is 126 Å². The molecule has 0 radical (unpaired) electrons. The van der Waals surface area contributed by atoms with Gasteiger partial charge in [0.25, 0.3) is 0 Å². The van der Waals surface area contributed by atoms with Gasteiger partial charge in [-0.3, -0.25) is 0 Å². The van der Waals surface area contributed by atoms with Gasteiger partial charge in [-0.2, -0.15) is 0 Å². The van der Waals surface area contributed by atoms with Crippen molar-refractivity contribution in [3.05, 3.63) is 58.9 Å². The number of rotatable bonds is 5. The maximum atomic E-state index is 13.8. The zero-order valence-electron chi connectivity index (χ0n) is 13.0. The first-order chi connectivity index (χ1) is 9.95. The van der Waals surface area contributed by atoms with Crippen molar-refractivity contribution in [2.24, 2.45) is 0 Å². The van der Waals surface area contributed by atoms with Crippen LogP contribution in [0.15, 0.2) is 36.4 Å². The fraction of sp³-hybridized carbons (Fsp3) is 0.333. The van der Waals surface area contributed by atoms with Crippen LogP contribution < -0.4 is 10.1 Å². The Morgan fingerprint density at radius 2 is 1.67 bits per heavy atom. The Morgan fingerprint density at radius 3 is 2.38 bits per heavy atom. The van der Waals surface area contributed by atoms with Crippen molar-refractivity contribution in [2.45, 2.75) is 40.3 Å². The van der Waals surface area contributed by atoms with E-state index in [9.17, 15) is 4.39 Å². The topological polar surface area (TPSA) is 21.3 Å². The molecule has 0 aliphatic rings. The molecule has 0 bridgehead atoms. The van der Waals surface area contributed by atoms with Gasteiger partial charge in [-0.25, -0.2) is 4.39 Å². The van der Waals surface area contributed by atoms with Crippen molar-refractivity contribution in [2.75, 3.05) is 0 Å². The predicted molar refractivity (Wildman–Crippen MR) is 84.4 cm³/mol. The minimum atomic E-state index is -0.344. The number of aryl methyl sites for hydroxylation is 2. The van der Waals surface area contributed by atoms with Gasteiger partial charge in [0, 0.05) is 18.2 Å². The zero-order chi connectivity index (χ0) is 15.4. The van der Waals surface area contributed by atoms with E-state index in [1.54, 1.807) is 12.1 Å². The molecular weight excluding hydrogens is 265 g/mol. The van der Waals surface area contributed by atoms with E-state index in [0.717, 1.165) is 16.7 Å². The number of hydrogen-bond donors (Lipinski definition) is 1. The molecule has 1 N–H and O–H groups in total. The summed E-state index contributed by atoms with van der Waals surface area (Å²) in [5.41, 5.74) is 3.16. The van der Waals surface area contributed by atoms with Gasteiger partial charge in [0.15, 0.2) is 11.6 Å². The molecule has 0 amide bonds. The van der Waals surface area contributed by atoms with Crippen LogP contribution in [0.4, 0.5) is 4.39 Å². The van der Waals surface area contributed by atoms with Crippen molar-refractivity contribution >= 4 is 0 Å². The molecule has 2 aromatic carbocycles. The van der Waals surface area contributed by atoms with Gasteiger partial charge in [0.2, 0.25) is 0 Å². The third kappa shape index (κ3) is 4.30. The van der Waals surface area contributed by atoms with Crippen molar-refractivity contribution in [1.29, 1.82) is 0 Å². The fourth-order valence-corrected chi connectivity index (χ4v) is 2.07. The zero-order valence-corrected chi connectivity index (χ0v) is 13.0. The molecule has 0 saturated heterocycles. The Kier molecular flexibility index (Phi) is 4.97. The maximum Gasteiger partial charge on any atom is 0.165 e. The Hall–Kier alpha value is -1.87. The van der Waals surface area contributed by atoms with Gasteiger partial charge < -0.3 is 10.1 Å². The van der Waals surface area contributed by atoms with Crippen LogP contribution in [0, 0.1) is 19.7 Å². The summed E-state index contributed by atoms with van der Waals surface area (Å²) in [6.45, 7) is 8.84. The highest BCUT2D eigenvalue weighted by Crippen LogP contribution is 2.29. The van der Waals surface area contributed by atoms with Crippen LogP contribution >= 0.6 is 0 Å². The van der Waals surface area contributed by atoms with Crippen molar-refractivity contribution in [3.63, 3.8) is 0 Å². The first-order valence-corrected chi connectivity index (χ1v) is 7.22. The van der Waals surface area contributed by atoms with Crippen molar-refractivity contribution < 1.29 is 9.13 Å². The molecule has 2 aromatic rings. The second kappa shape index (κ2) is 6.72. The largest absolute Gasteiger partial charge is 0.454 e. The lowest BCUT2D eigenvalue weighted by molar-refractivity contribution is 0.433. The molecule has 2 rings (SSSR count). The lowest BCUT2D eigenvalue weighted by atomic mass is 10.1. The van der Waals surface area contributed by atoms with Gasteiger partial charge in [-0.1, -0.05) is 37.6 Å². The van der Waals surface area contributed by atoms with Gasteiger partial charge in [0.05, 0.1) is 0 Å². The minimum Gasteiger partial charge on any atom is -0.454 e. The maximum absolute atomic E-state index is 13.8. The molecule has 0 fully saturated rings. The molecule has 0 aliphatic heterocycles. The van der Waals surface area contributed by atoms with E-state index in [-0.39, 0.29) is 11.6 Å². The lowest BCUT2D eigenvalue weighted by Gasteiger charge is -2.15. The molecular formula is C18H22FNO. The van der Waals surface area contributed by atoms with Crippen LogP contribution in [-0.2, 0) is 6.54 Å². The first-order valence-electron chi connectivity index (χ1n) is 7.22. The second-order valence-corrected chi connectivity index (χ2v) is 5.68. The standard InChI is InChI=1S/C18H22FNO/c1-12(2)20-11-15-9-13(3)6-8-17(15)21-18-10-14(4)5-7-16(18)19/h5-10,12,20H,11H2,1-4H3. The van der Waals surface area contributed by atoms with Crippen LogP contribution in [0.25, 0.3) is 0 Å². The highest BCUT2D eigenvalue weighted by molar-refractivity contribution is 5.41. The van der Waals surface area contributed by atoms with Gasteiger partial charge in [-0.05, 0) is 37.6 Å². The summed E-state index contributed by atoms with van der Waals surface area (Å²) in [5.74, 6) is 0.617. The van der Waals surface area contributed by atoms with E-state index >= 15 is 0 Å². The fourth-order valence-electron chi connectivity index (χ4n) is 2.07. The SMILES string of the molecule is Cc1ccc(Oc2cc(C)ccc2F)c(CNC(C)C)c1. The van der Waals surface area contributed by atoms with Gasteiger partial charge >= 0.3 is 0 Å². The third-order valence-electron chi connectivity index (χ3n) is 3.22. The third-order valence-corrected chi connectivity index (χ3v) is 3.22. The number of benzene rings is 2. The minimum absolute atomic E-state index is 0.268. The average molecular weight is 287 g/mol. The molecule has 21 heavy (non-hydrogen) atoms. The number of halogens is 1. The summed E-state index contributed by atoms with van der Waals surface area (Å²) in [6, 6.07) is 11.2. The molecule has 0 saturated carbocycles. The van der Waals surface area contributed by atoms with Crippen molar-refractivity contribution in [1.82, 2.24) is 5.32 Å². The average Bonchev–Trinajstić information content (AvgIpc) is 2.43. The van der Waals surface area contributed by atoms with E-state index in [0.29, 0.717) is 18.3 Å². The number of nitrogens with one attached hydrogen (secondary N) is 1. The Bertz CT molecular complexity index is 623. The van der Waals surface area contributed by atoms with Gasteiger partial charge in [0.1, 0.15) is 5.75 Å². The quantitative estimate of drug-likeness (QED) is 0.858. The van der Waals surface area contributed by atoms with E-state index in [1.807, 2.05) is 26.0 Å². The summed E-state index contributed by atoms with van der Waals surface area (Å²) in [5, 5.41) is 3.37. The summed E-state index contributed by atoms with van der Waals surface area (Å²) in [6.07, 6.45) is 0. The molecule has 0 unspecified atom stereocenters. The van der Waals surface area contributed by atoms with Crippen LogP contribution in [-0.4, -0.2) is 6.04 Å². The van der Waals surface area contributed by atoms with E-state index in [1.165, 1.54) is 6.07 Å². The highest BCUT2D eigenvalue weighted by Gasteiger charge is 2.09. The van der Waals surface area contributed by atoms with E-state index in [2.05, 4.69) is 25.2 Å². The van der Waals surface area contributed by atoms with Crippen LogP contribution in [0.1, 0.15) is 30.5 Å². The van der Waals surface area contributed by atoms with Crippen LogP contribution in [0.3, 0.4) is 0 Å². The number of ether oxygens (including phenoxy) is 1. The molecule has 0 heterocycles. The predicted octanol–water partition coefficient (Wildman–Crippen LogP) is 4.73. The second-order valence-electron chi connectivity index (χ2n) is 5.68.